The number of benzene rings is 2. The lowest BCUT2D eigenvalue weighted by molar-refractivity contribution is 0.122. The van der Waals surface area contributed by atoms with Crippen LogP contribution in [-0.2, 0) is 4.74 Å². The summed E-state index contributed by atoms with van der Waals surface area (Å²) in [6, 6.07) is 19.1. The maximum atomic E-state index is 12.3. The second-order valence-electron chi connectivity index (χ2n) is 6.68. The van der Waals surface area contributed by atoms with Crippen LogP contribution in [0.2, 0.25) is 0 Å². The third-order valence-electron chi connectivity index (χ3n) is 4.73. The van der Waals surface area contributed by atoms with Gasteiger partial charge in [-0.3, -0.25) is 9.78 Å². The van der Waals surface area contributed by atoms with Crippen LogP contribution in [0, 0.1) is 11.3 Å². The third-order valence-corrected chi connectivity index (χ3v) is 4.73. The van der Waals surface area contributed by atoms with Gasteiger partial charge in [-0.25, -0.2) is 10.4 Å². The summed E-state index contributed by atoms with van der Waals surface area (Å²) in [6.45, 7) is 3.26. The summed E-state index contributed by atoms with van der Waals surface area (Å²) in [5.74, 6) is 0.166. The molecule has 1 aromatic heterocycles. The first-order valence-corrected chi connectivity index (χ1v) is 9.56. The van der Waals surface area contributed by atoms with E-state index in [0.717, 1.165) is 37.6 Å². The normalized spacial score (nSPS) is 13.9. The molecule has 2 N–H and O–H groups in total. The first-order valence-electron chi connectivity index (χ1n) is 9.56. The lowest BCUT2D eigenvalue weighted by Crippen LogP contribution is -2.36. The predicted molar refractivity (Wildman–Crippen MR) is 116 cm³/mol. The van der Waals surface area contributed by atoms with E-state index in [1.165, 1.54) is 0 Å². The molecule has 2 aromatic carbocycles. The molecule has 30 heavy (non-hydrogen) atoms. The van der Waals surface area contributed by atoms with Gasteiger partial charge in [0.2, 0.25) is 5.95 Å². The average molecular weight is 400 g/mol. The van der Waals surface area contributed by atoms with Gasteiger partial charge in [-0.1, -0.05) is 42.5 Å². The molecule has 0 bridgehead atoms. The Balaban J connectivity index is 1.49. The Labute approximate surface area is 173 Å². The number of anilines is 2. The van der Waals surface area contributed by atoms with E-state index in [-0.39, 0.29) is 11.5 Å². The van der Waals surface area contributed by atoms with Gasteiger partial charge in [-0.15, -0.1) is 0 Å². The molecule has 0 atom stereocenters. The monoisotopic (exact) mass is 400 g/mol. The number of nitrogens with zero attached hydrogens (tertiary/aromatic N) is 4. The SMILES string of the molecule is N#Cc1c(-c2ccccc2)nc(NN=Cc2ccc(N3CCOCC3)cc2)[nH]c1=O. The first-order chi connectivity index (χ1) is 14.7. The second-order valence-corrected chi connectivity index (χ2v) is 6.68. The summed E-state index contributed by atoms with van der Waals surface area (Å²) >= 11 is 0. The van der Waals surface area contributed by atoms with Crippen molar-refractivity contribution in [3.05, 3.63) is 76.1 Å². The molecule has 1 aliphatic heterocycles. The molecule has 1 saturated heterocycles. The van der Waals surface area contributed by atoms with Crippen molar-refractivity contribution >= 4 is 17.9 Å². The maximum Gasteiger partial charge on any atom is 0.270 e. The summed E-state index contributed by atoms with van der Waals surface area (Å²) in [7, 11) is 0. The standard InChI is InChI=1S/C22H20N6O2/c23-14-19-20(17-4-2-1-3-5-17)25-22(26-21(19)29)27-24-15-16-6-8-18(9-7-16)28-10-12-30-13-11-28/h1-9,15H,10-13H2,(H2,25,26,27,29). The Kier molecular flexibility index (Phi) is 5.83. The van der Waals surface area contributed by atoms with Crippen LogP contribution in [0.5, 0.6) is 0 Å². The minimum Gasteiger partial charge on any atom is -0.378 e. The Morgan fingerprint density at radius 1 is 1.13 bits per heavy atom. The average Bonchev–Trinajstić information content (AvgIpc) is 2.80. The minimum absolute atomic E-state index is 0.0329. The predicted octanol–water partition coefficient (Wildman–Crippen LogP) is 2.59. The van der Waals surface area contributed by atoms with Crippen LogP contribution in [0.15, 0.2) is 64.5 Å². The molecule has 2 heterocycles. The second kappa shape index (κ2) is 9.03. The van der Waals surface area contributed by atoms with E-state index in [1.807, 2.05) is 48.5 Å². The van der Waals surface area contributed by atoms with E-state index >= 15 is 0 Å². The van der Waals surface area contributed by atoms with Crippen molar-refractivity contribution in [1.29, 1.82) is 5.26 Å². The zero-order chi connectivity index (χ0) is 20.8. The Morgan fingerprint density at radius 2 is 1.87 bits per heavy atom. The van der Waals surface area contributed by atoms with Crippen molar-refractivity contribution in [3.63, 3.8) is 0 Å². The molecule has 0 aliphatic carbocycles. The minimum atomic E-state index is -0.515. The van der Waals surface area contributed by atoms with E-state index < -0.39 is 5.56 Å². The number of H-pyrrole nitrogens is 1. The van der Waals surface area contributed by atoms with Crippen LogP contribution >= 0.6 is 0 Å². The fraction of sp³-hybridized carbons (Fsp3) is 0.182. The Morgan fingerprint density at radius 3 is 2.57 bits per heavy atom. The fourth-order valence-electron chi connectivity index (χ4n) is 3.20. The summed E-state index contributed by atoms with van der Waals surface area (Å²) in [6.07, 6.45) is 1.64. The highest BCUT2D eigenvalue weighted by molar-refractivity contribution is 5.81. The van der Waals surface area contributed by atoms with Gasteiger partial charge in [-0.2, -0.15) is 10.4 Å². The van der Waals surface area contributed by atoms with Gasteiger partial charge in [0.1, 0.15) is 11.6 Å². The lowest BCUT2D eigenvalue weighted by Gasteiger charge is -2.28. The van der Waals surface area contributed by atoms with Crippen molar-refractivity contribution in [2.24, 2.45) is 5.10 Å². The van der Waals surface area contributed by atoms with Gasteiger partial charge in [-0.05, 0) is 17.7 Å². The molecule has 0 spiro atoms. The molecule has 150 valence electrons. The molecule has 0 unspecified atom stereocenters. The van der Waals surface area contributed by atoms with E-state index in [9.17, 15) is 10.1 Å². The Bertz CT molecular complexity index is 1130. The van der Waals surface area contributed by atoms with Gasteiger partial charge < -0.3 is 9.64 Å². The highest BCUT2D eigenvalue weighted by atomic mass is 16.5. The first kappa shape index (κ1) is 19.4. The largest absolute Gasteiger partial charge is 0.378 e. The van der Waals surface area contributed by atoms with Gasteiger partial charge >= 0.3 is 0 Å². The molecule has 0 amide bonds. The zero-order valence-corrected chi connectivity index (χ0v) is 16.2. The number of hydrogen-bond acceptors (Lipinski definition) is 7. The van der Waals surface area contributed by atoms with Crippen molar-refractivity contribution in [1.82, 2.24) is 9.97 Å². The summed E-state index contributed by atoms with van der Waals surface area (Å²) < 4.78 is 5.38. The van der Waals surface area contributed by atoms with E-state index in [4.69, 9.17) is 4.74 Å². The van der Waals surface area contributed by atoms with Gasteiger partial charge in [0.15, 0.2) is 0 Å². The van der Waals surface area contributed by atoms with Gasteiger partial charge in [0.05, 0.1) is 25.1 Å². The van der Waals surface area contributed by atoms with Crippen molar-refractivity contribution in [2.75, 3.05) is 36.6 Å². The molecule has 0 saturated carbocycles. The molecule has 8 heteroatoms. The molecule has 1 fully saturated rings. The van der Waals surface area contributed by atoms with Crippen LogP contribution in [0.4, 0.5) is 11.6 Å². The zero-order valence-electron chi connectivity index (χ0n) is 16.2. The van der Waals surface area contributed by atoms with Crippen LogP contribution in [0.1, 0.15) is 11.1 Å². The number of nitriles is 1. The highest BCUT2D eigenvalue weighted by Gasteiger charge is 2.13. The molecular weight excluding hydrogens is 380 g/mol. The van der Waals surface area contributed by atoms with E-state index in [0.29, 0.717) is 11.3 Å². The lowest BCUT2D eigenvalue weighted by atomic mass is 10.1. The molecular formula is C22H20N6O2. The topological polar surface area (TPSA) is 106 Å². The highest BCUT2D eigenvalue weighted by Crippen LogP contribution is 2.19. The van der Waals surface area contributed by atoms with Crippen LogP contribution in [0.3, 0.4) is 0 Å². The molecule has 3 aromatic rings. The molecule has 0 radical (unpaired) electrons. The number of hydrogen-bond donors (Lipinski definition) is 2. The van der Waals surface area contributed by atoms with E-state index in [2.05, 4.69) is 25.4 Å². The Hall–Kier alpha value is -3.96. The molecule has 8 nitrogen and oxygen atoms in total. The number of aromatic amines is 1. The fourth-order valence-corrected chi connectivity index (χ4v) is 3.20. The van der Waals surface area contributed by atoms with Crippen LogP contribution < -0.4 is 15.9 Å². The van der Waals surface area contributed by atoms with Crippen molar-refractivity contribution in [2.45, 2.75) is 0 Å². The molecule has 4 rings (SSSR count). The maximum absolute atomic E-state index is 12.3. The quantitative estimate of drug-likeness (QED) is 0.504. The van der Waals surface area contributed by atoms with Gasteiger partial charge in [0.25, 0.3) is 5.56 Å². The number of ether oxygens (including phenoxy) is 1. The summed E-state index contributed by atoms with van der Waals surface area (Å²) in [5.41, 5.74) is 5.24. The number of hydrazone groups is 1. The summed E-state index contributed by atoms with van der Waals surface area (Å²) in [4.78, 5) is 21.4. The number of rotatable bonds is 5. The smallest absolute Gasteiger partial charge is 0.270 e. The number of aromatic nitrogens is 2. The van der Waals surface area contributed by atoms with Crippen molar-refractivity contribution < 1.29 is 4.74 Å². The van der Waals surface area contributed by atoms with Crippen LogP contribution in [0.25, 0.3) is 11.3 Å². The van der Waals surface area contributed by atoms with Gasteiger partial charge in [0, 0.05) is 24.3 Å². The van der Waals surface area contributed by atoms with Crippen LogP contribution in [-0.4, -0.2) is 42.5 Å². The third kappa shape index (κ3) is 4.37. The van der Waals surface area contributed by atoms with Crippen molar-refractivity contribution in [3.8, 4) is 17.3 Å². The number of nitrogens with one attached hydrogen (secondary N) is 2. The van der Waals surface area contributed by atoms with E-state index in [1.54, 1.807) is 18.3 Å². The number of morpholine rings is 1. The summed E-state index contributed by atoms with van der Waals surface area (Å²) in [5, 5.41) is 13.5. The molecule has 1 aliphatic rings.